The van der Waals surface area contributed by atoms with Gasteiger partial charge in [-0.2, -0.15) is 0 Å². The minimum atomic E-state index is -1.06. The summed E-state index contributed by atoms with van der Waals surface area (Å²) < 4.78 is 7.24. The summed E-state index contributed by atoms with van der Waals surface area (Å²) >= 11 is 6.84. The fourth-order valence-corrected chi connectivity index (χ4v) is 2.93. The summed E-state index contributed by atoms with van der Waals surface area (Å²) in [4.78, 5) is 11.7. The van der Waals surface area contributed by atoms with Gasteiger partial charge in [-0.15, -0.1) is 10.2 Å². The second kappa shape index (κ2) is 7.58. The molecule has 0 aliphatic carbocycles. The van der Waals surface area contributed by atoms with Crippen LogP contribution in [0.15, 0.2) is 57.1 Å². The molecule has 1 N–H and O–H groups in total. The topological polar surface area (TPSA) is 81.2 Å². The summed E-state index contributed by atoms with van der Waals surface area (Å²) in [6, 6.07) is 10.9. The van der Waals surface area contributed by atoms with Crippen LogP contribution in [0.1, 0.15) is 18.5 Å². The number of carbonyl (C=O) groups is 1. The highest BCUT2D eigenvalue weighted by Gasteiger charge is 2.16. The average Bonchev–Trinajstić information content (AvgIpc) is 3.24. The summed E-state index contributed by atoms with van der Waals surface area (Å²) in [5.74, 6) is -0.595. The Hall–Kier alpha value is -2.51. The molecule has 0 radical (unpaired) electrons. The molecule has 25 heavy (non-hydrogen) atoms. The Bertz CT molecular complexity index is 915. The van der Waals surface area contributed by atoms with Crippen molar-refractivity contribution in [3.8, 4) is 5.69 Å². The molecule has 0 unspecified atom stereocenters. The molecule has 0 saturated carbocycles. The van der Waals surface area contributed by atoms with Gasteiger partial charge in [-0.1, -0.05) is 18.5 Å². The number of rotatable bonds is 6. The molecule has 0 spiro atoms. The summed E-state index contributed by atoms with van der Waals surface area (Å²) in [5, 5.41) is 18.0. The minimum absolute atomic E-state index is 0.0835. The van der Waals surface area contributed by atoms with Gasteiger partial charge in [0, 0.05) is 29.0 Å². The summed E-state index contributed by atoms with van der Waals surface area (Å²) in [7, 11) is 0. The molecule has 8 heteroatoms. The molecule has 0 atom stereocenters. The van der Waals surface area contributed by atoms with E-state index < -0.39 is 5.97 Å². The van der Waals surface area contributed by atoms with Crippen molar-refractivity contribution in [2.24, 2.45) is 0 Å². The number of aliphatic carboxylic acids is 1. The second-order valence-electron chi connectivity index (χ2n) is 5.01. The maximum atomic E-state index is 11.6. The van der Waals surface area contributed by atoms with E-state index in [1.165, 1.54) is 0 Å². The molecular weight excluding hydrogens is 362 g/mol. The van der Waals surface area contributed by atoms with Crippen LogP contribution >= 0.6 is 23.4 Å². The van der Waals surface area contributed by atoms with Crippen LogP contribution in [-0.4, -0.2) is 25.8 Å². The van der Waals surface area contributed by atoms with Gasteiger partial charge in [0.05, 0.1) is 0 Å². The molecule has 1 aromatic carbocycles. The highest BCUT2D eigenvalue weighted by molar-refractivity contribution is 8.03. The Balaban J connectivity index is 1.92. The van der Waals surface area contributed by atoms with Gasteiger partial charge in [0.25, 0.3) is 5.22 Å². The van der Waals surface area contributed by atoms with Gasteiger partial charge in [-0.25, -0.2) is 4.79 Å². The first-order valence-electron chi connectivity index (χ1n) is 7.45. The number of carboxylic acid groups (broad SMARTS) is 1. The Kier molecular flexibility index (Phi) is 5.25. The number of hydrogen-bond donors (Lipinski definition) is 1. The lowest BCUT2D eigenvalue weighted by atomic mass is 10.3. The monoisotopic (exact) mass is 375 g/mol. The van der Waals surface area contributed by atoms with Gasteiger partial charge in [-0.05, 0) is 54.2 Å². The number of halogens is 1. The van der Waals surface area contributed by atoms with Crippen molar-refractivity contribution in [1.29, 1.82) is 0 Å². The Labute approximate surface area is 153 Å². The highest BCUT2D eigenvalue weighted by atomic mass is 35.5. The van der Waals surface area contributed by atoms with Crippen LogP contribution in [-0.2, 0) is 11.2 Å². The van der Waals surface area contributed by atoms with Crippen molar-refractivity contribution in [1.82, 2.24) is 14.8 Å². The van der Waals surface area contributed by atoms with Crippen molar-refractivity contribution in [3.05, 3.63) is 64.1 Å². The van der Waals surface area contributed by atoms with E-state index in [1.807, 2.05) is 42.0 Å². The maximum absolute atomic E-state index is 11.6. The fraction of sp³-hybridized carbons (Fsp3) is 0.118. The summed E-state index contributed by atoms with van der Waals surface area (Å²) in [6.07, 6.45) is 4.01. The lowest BCUT2D eigenvalue weighted by Crippen LogP contribution is -1.99. The van der Waals surface area contributed by atoms with Crippen molar-refractivity contribution in [2.45, 2.75) is 18.6 Å². The Morgan fingerprint density at radius 3 is 2.72 bits per heavy atom. The molecule has 0 aliphatic rings. The zero-order valence-corrected chi connectivity index (χ0v) is 14.8. The van der Waals surface area contributed by atoms with Crippen molar-refractivity contribution in [2.75, 3.05) is 0 Å². The van der Waals surface area contributed by atoms with Crippen LogP contribution < -0.4 is 0 Å². The van der Waals surface area contributed by atoms with Gasteiger partial charge >= 0.3 is 5.97 Å². The van der Waals surface area contributed by atoms with Gasteiger partial charge in [0.15, 0.2) is 0 Å². The molecule has 2 aromatic heterocycles. The number of aryl methyl sites for hydroxylation is 1. The first-order valence-corrected chi connectivity index (χ1v) is 8.65. The number of carboxylic acids is 1. The van der Waals surface area contributed by atoms with E-state index in [0.717, 1.165) is 17.4 Å². The van der Waals surface area contributed by atoms with Crippen LogP contribution in [0.5, 0.6) is 0 Å². The third kappa shape index (κ3) is 4.12. The first kappa shape index (κ1) is 17.3. The van der Waals surface area contributed by atoms with Crippen molar-refractivity contribution in [3.63, 3.8) is 0 Å². The first-order chi connectivity index (χ1) is 12.1. The summed E-state index contributed by atoms with van der Waals surface area (Å²) in [5.41, 5.74) is 1.59. The molecular formula is C17H14ClN3O3S. The molecule has 3 rings (SSSR count). The minimum Gasteiger partial charge on any atom is -0.477 e. The second-order valence-corrected chi connectivity index (χ2v) is 6.44. The highest BCUT2D eigenvalue weighted by Crippen LogP contribution is 2.28. The van der Waals surface area contributed by atoms with Crippen molar-refractivity contribution < 1.29 is 14.3 Å². The lowest BCUT2D eigenvalue weighted by molar-refractivity contribution is -0.131. The number of hydrogen-bond acceptors (Lipinski definition) is 5. The smallest absolute Gasteiger partial charge is 0.342 e. The standard InChI is InChI=1S/C17H14ClN3O3S/c1-2-15-19-20-17(24-15)25-14(16(22)23)10-13-4-3-9-21(13)12-7-5-11(18)6-8-12/h3-10H,2H2,1H3,(H,22,23)/b14-10-. The molecule has 3 aromatic rings. The van der Waals surface area contributed by atoms with Gasteiger partial charge < -0.3 is 14.1 Å². The largest absolute Gasteiger partial charge is 0.477 e. The van der Waals surface area contributed by atoms with Gasteiger partial charge in [0.2, 0.25) is 5.89 Å². The average molecular weight is 376 g/mol. The maximum Gasteiger partial charge on any atom is 0.342 e. The molecule has 0 aliphatic heterocycles. The van der Waals surface area contributed by atoms with Gasteiger partial charge in [0.1, 0.15) is 4.91 Å². The van der Waals surface area contributed by atoms with E-state index in [-0.39, 0.29) is 10.1 Å². The van der Waals surface area contributed by atoms with Crippen LogP contribution in [0.3, 0.4) is 0 Å². The zero-order valence-electron chi connectivity index (χ0n) is 13.2. The molecule has 0 fully saturated rings. The Morgan fingerprint density at radius 1 is 1.32 bits per heavy atom. The van der Waals surface area contributed by atoms with Crippen LogP contribution in [0, 0.1) is 0 Å². The lowest BCUT2D eigenvalue weighted by Gasteiger charge is -2.07. The molecule has 6 nitrogen and oxygen atoms in total. The molecule has 0 amide bonds. The number of aromatic nitrogens is 3. The molecule has 128 valence electrons. The van der Waals surface area contributed by atoms with Gasteiger partial charge in [-0.3, -0.25) is 0 Å². The fourth-order valence-electron chi connectivity index (χ4n) is 2.13. The molecule has 0 saturated heterocycles. The predicted molar refractivity (Wildman–Crippen MR) is 95.9 cm³/mol. The van der Waals surface area contributed by atoms with Crippen LogP contribution in [0.4, 0.5) is 0 Å². The quantitative estimate of drug-likeness (QED) is 0.511. The third-order valence-electron chi connectivity index (χ3n) is 3.32. The normalized spacial score (nSPS) is 11.7. The predicted octanol–water partition coefficient (Wildman–Crippen LogP) is 4.29. The van der Waals surface area contributed by atoms with E-state index >= 15 is 0 Å². The van der Waals surface area contributed by atoms with E-state index in [4.69, 9.17) is 16.0 Å². The number of nitrogens with zero attached hydrogens (tertiary/aromatic N) is 3. The zero-order chi connectivity index (χ0) is 17.8. The number of benzene rings is 1. The summed E-state index contributed by atoms with van der Waals surface area (Å²) in [6.45, 7) is 1.88. The van der Waals surface area contributed by atoms with E-state index in [1.54, 1.807) is 18.2 Å². The van der Waals surface area contributed by atoms with E-state index in [2.05, 4.69) is 10.2 Å². The van der Waals surface area contributed by atoms with Crippen LogP contribution in [0.25, 0.3) is 11.8 Å². The SMILES string of the molecule is CCc1nnc(S/C(=C\c2cccn2-c2ccc(Cl)cc2)C(=O)O)o1. The van der Waals surface area contributed by atoms with E-state index in [0.29, 0.717) is 23.0 Å². The van der Waals surface area contributed by atoms with Crippen LogP contribution in [0.2, 0.25) is 5.02 Å². The Morgan fingerprint density at radius 2 is 2.08 bits per heavy atom. The number of thioether (sulfide) groups is 1. The van der Waals surface area contributed by atoms with E-state index in [9.17, 15) is 9.90 Å². The third-order valence-corrected chi connectivity index (χ3v) is 4.43. The van der Waals surface area contributed by atoms with Crippen molar-refractivity contribution >= 4 is 35.4 Å². The molecule has 2 heterocycles. The molecule has 0 bridgehead atoms.